The first-order valence-electron chi connectivity index (χ1n) is 12.2. The number of benzene rings is 2. The van der Waals surface area contributed by atoms with Crippen molar-refractivity contribution in [2.24, 2.45) is 0 Å². The van der Waals surface area contributed by atoms with E-state index in [1.54, 1.807) is 13.0 Å². The SMILES string of the molecule is COc1ccc(N2CCN(C(=O)Cc3nc(C)n[nH]3)C(Cc3ccccc3)C2)c2ccc(C(F)(F)F)nc12. The Morgan fingerprint density at radius 1 is 1.08 bits per heavy atom. The van der Waals surface area contributed by atoms with Crippen LogP contribution in [0.1, 0.15) is 22.9 Å². The molecular weight excluding hydrogens is 497 g/mol. The summed E-state index contributed by atoms with van der Waals surface area (Å²) in [5.74, 6) is 1.30. The van der Waals surface area contributed by atoms with Crippen LogP contribution in [0.5, 0.6) is 5.75 Å². The molecule has 11 heteroatoms. The highest BCUT2D eigenvalue weighted by atomic mass is 19.4. The normalized spacial score (nSPS) is 16.2. The van der Waals surface area contributed by atoms with E-state index in [2.05, 4.69) is 25.1 Å². The van der Waals surface area contributed by atoms with Crippen molar-refractivity contribution in [1.82, 2.24) is 25.1 Å². The fourth-order valence-corrected chi connectivity index (χ4v) is 4.95. The van der Waals surface area contributed by atoms with Crippen LogP contribution in [-0.4, -0.2) is 63.8 Å². The van der Waals surface area contributed by atoms with Gasteiger partial charge in [0.2, 0.25) is 5.91 Å². The fourth-order valence-electron chi connectivity index (χ4n) is 4.95. The lowest BCUT2D eigenvalue weighted by Gasteiger charge is -2.43. The van der Waals surface area contributed by atoms with Gasteiger partial charge in [-0.3, -0.25) is 9.89 Å². The smallest absolute Gasteiger partial charge is 0.433 e. The number of rotatable bonds is 6. The second-order valence-corrected chi connectivity index (χ2v) is 9.26. The zero-order chi connectivity index (χ0) is 26.9. The van der Waals surface area contributed by atoms with Gasteiger partial charge in [0.15, 0.2) is 0 Å². The minimum Gasteiger partial charge on any atom is -0.494 e. The minimum atomic E-state index is -4.57. The highest BCUT2D eigenvalue weighted by molar-refractivity contribution is 5.96. The van der Waals surface area contributed by atoms with Crippen LogP contribution in [0.25, 0.3) is 10.9 Å². The van der Waals surface area contributed by atoms with Crippen LogP contribution in [0.3, 0.4) is 0 Å². The number of methoxy groups -OCH3 is 1. The number of hydrogen-bond acceptors (Lipinski definition) is 6. The number of halogens is 3. The van der Waals surface area contributed by atoms with E-state index >= 15 is 0 Å². The number of H-pyrrole nitrogens is 1. The summed E-state index contributed by atoms with van der Waals surface area (Å²) < 4.78 is 45.5. The monoisotopic (exact) mass is 524 g/mol. The Bertz CT molecular complexity index is 1440. The first kappa shape index (κ1) is 25.5. The Balaban J connectivity index is 1.47. The Kier molecular flexibility index (Phi) is 6.92. The van der Waals surface area contributed by atoms with E-state index in [4.69, 9.17) is 4.74 Å². The van der Waals surface area contributed by atoms with E-state index in [-0.39, 0.29) is 29.6 Å². The molecule has 5 rings (SSSR count). The summed E-state index contributed by atoms with van der Waals surface area (Å²) in [6.07, 6.45) is -3.82. The Labute approximate surface area is 217 Å². The molecule has 198 valence electrons. The molecule has 2 aromatic heterocycles. The van der Waals surface area contributed by atoms with Crippen LogP contribution in [0, 0.1) is 6.92 Å². The molecule has 1 aliphatic rings. The number of aromatic nitrogens is 4. The van der Waals surface area contributed by atoms with Crippen molar-refractivity contribution in [2.75, 3.05) is 31.6 Å². The molecule has 0 bridgehead atoms. The first-order valence-corrected chi connectivity index (χ1v) is 12.2. The van der Waals surface area contributed by atoms with E-state index in [1.165, 1.54) is 13.2 Å². The Morgan fingerprint density at radius 3 is 2.55 bits per heavy atom. The van der Waals surface area contributed by atoms with Crippen molar-refractivity contribution in [3.05, 3.63) is 77.5 Å². The maximum atomic E-state index is 13.4. The largest absolute Gasteiger partial charge is 0.494 e. The number of aryl methyl sites for hydroxylation is 1. The Morgan fingerprint density at radius 2 is 1.87 bits per heavy atom. The molecule has 8 nitrogen and oxygen atoms in total. The lowest BCUT2D eigenvalue weighted by Crippen LogP contribution is -2.56. The molecule has 1 N–H and O–H groups in total. The van der Waals surface area contributed by atoms with E-state index in [9.17, 15) is 18.0 Å². The number of fused-ring (bicyclic) bond motifs is 1. The second-order valence-electron chi connectivity index (χ2n) is 9.26. The summed E-state index contributed by atoms with van der Waals surface area (Å²) in [4.78, 5) is 25.5. The number of nitrogens with zero attached hydrogens (tertiary/aromatic N) is 5. The van der Waals surface area contributed by atoms with Crippen molar-refractivity contribution >= 4 is 22.5 Å². The van der Waals surface area contributed by atoms with Crippen molar-refractivity contribution < 1.29 is 22.7 Å². The number of carbonyl (C=O) groups excluding carboxylic acids is 1. The summed E-state index contributed by atoms with van der Waals surface area (Å²) in [6.45, 7) is 3.21. The summed E-state index contributed by atoms with van der Waals surface area (Å²) in [7, 11) is 1.41. The second kappa shape index (κ2) is 10.3. The highest BCUT2D eigenvalue weighted by Gasteiger charge is 2.34. The van der Waals surface area contributed by atoms with Gasteiger partial charge in [0, 0.05) is 30.7 Å². The third-order valence-corrected chi connectivity index (χ3v) is 6.73. The number of ether oxygens (including phenoxy) is 1. The lowest BCUT2D eigenvalue weighted by molar-refractivity contribution is -0.141. The topological polar surface area (TPSA) is 87.2 Å². The van der Waals surface area contributed by atoms with Gasteiger partial charge >= 0.3 is 6.18 Å². The van der Waals surface area contributed by atoms with Crippen molar-refractivity contribution in [3.63, 3.8) is 0 Å². The molecule has 1 atom stereocenters. The number of hydrogen-bond donors (Lipinski definition) is 1. The van der Waals surface area contributed by atoms with Gasteiger partial charge in [-0.25, -0.2) is 9.97 Å². The summed E-state index contributed by atoms with van der Waals surface area (Å²) in [5.41, 5.74) is 1.01. The van der Waals surface area contributed by atoms with E-state index in [0.29, 0.717) is 43.1 Å². The highest BCUT2D eigenvalue weighted by Crippen LogP contribution is 2.37. The predicted molar refractivity (Wildman–Crippen MR) is 136 cm³/mol. The molecule has 2 aromatic carbocycles. The molecule has 38 heavy (non-hydrogen) atoms. The van der Waals surface area contributed by atoms with Crippen LogP contribution >= 0.6 is 0 Å². The molecule has 1 amide bonds. The van der Waals surface area contributed by atoms with Crippen molar-refractivity contribution in [1.29, 1.82) is 0 Å². The molecule has 3 heterocycles. The number of piperazine rings is 1. The summed E-state index contributed by atoms with van der Waals surface area (Å²) >= 11 is 0. The quantitative estimate of drug-likeness (QED) is 0.407. The van der Waals surface area contributed by atoms with E-state index in [1.807, 2.05) is 41.3 Å². The van der Waals surface area contributed by atoms with Crippen LogP contribution in [0.2, 0.25) is 0 Å². The average Bonchev–Trinajstić information content (AvgIpc) is 3.31. The van der Waals surface area contributed by atoms with E-state index in [0.717, 1.165) is 17.3 Å². The maximum Gasteiger partial charge on any atom is 0.433 e. The van der Waals surface area contributed by atoms with Gasteiger partial charge in [-0.05, 0) is 43.2 Å². The van der Waals surface area contributed by atoms with Gasteiger partial charge in [0.05, 0.1) is 19.6 Å². The van der Waals surface area contributed by atoms with Crippen LogP contribution in [0.15, 0.2) is 54.6 Å². The Hall–Kier alpha value is -4.15. The van der Waals surface area contributed by atoms with Gasteiger partial charge in [-0.1, -0.05) is 30.3 Å². The van der Waals surface area contributed by atoms with Crippen molar-refractivity contribution in [2.45, 2.75) is 32.0 Å². The number of aromatic amines is 1. The van der Waals surface area contributed by atoms with Gasteiger partial charge in [-0.15, -0.1) is 0 Å². The molecule has 1 aliphatic heterocycles. The van der Waals surface area contributed by atoms with Gasteiger partial charge in [-0.2, -0.15) is 18.3 Å². The molecular formula is C27H27F3N6O2. The minimum absolute atomic E-state index is 0.0576. The number of anilines is 1. The maximum absolute atomic E-state index is 13.4. The van der Waals surface area contributed by atoms with Crippen molar-refractivity contribution in [3.8, 4) is 5.75 Å². The molecule has 1 saturated heterocycles. The number of amides is 1. The summed E-state index contributed by atoms with van der Waals surface area (Å²) in [5, 5.41) is 7.38. The van der Waals surface area contributed by atoms with Gasteiger partial charge < -0.3 is 14.5 Å². The number of nitrogens with one attached hydrogen (secondary N) is 1. The number of carbonyl (C=O) groups is 1. The first-order chi connectivity index (χ1) is 18.2. The van der Waals surface area contributed by atoms with E-state index < -0.39 is 11.9 Å². The molecule has 0 aliphatic carbocycles. The third kappa shape index (κ3) is 5.27. The van der Waals surface area contributed by atoms with Crippen LogP contribution in [0.4, 0.5) is 18.9 Å². The predicted octanol–water partition coefficient (Wildman–Crippen LogP) is 4.19. The summed E-state index contributed by atoms with van der Waals surface area (Å²) in [6, 6.07) is 15.6. The number of pyridine rings is 1. The zero-order valence-corrected chi connectivity index (χ0v) is 21.0. The molecule has 1 unspecified atom stereocenters. The third-order valence-electron chi connectivity index (χ3n) is 6.73. The van der Waals surface area contributed by atoms with Crippen LogP contribution < -0.4 is 9.64 Å². The molecule has 0 spiro atoms. The fraction of sp³-hybridized carbons (Fsp3) is 0.333. The lowest BCUT2D eigenvalue weighted by atomic mass is 10.00. The van der Waals surface area contributed by atoms with Gasteiger partial charge in [0.1, 0.15) is 28.6 Å². The molecule has 1 fully saturated rings. The molecule has 0 saturated carbocycles. The molecule has 4 aromatic rings. The average molecular weight is 525 g/mol. The van der Waals surface area contributed by atoms with Gasteiger partial charge in [0.25, 0.3) is 0 Å². The molecule has 0 radical (unpaired) electrons. The standard InChI is InChI=1S/C27H27F3N6O2/c1-17-31-24(34-33-17)15-25(37)36-13-12-35(16-19(36)14-18-6-4-3-5-7-18)21-9-10-22(38-2)26-20(21)8-11-23(32-26)27(28,29)30/h3-11,19H,12-16H2,1-2H3,(H,31,33,34). The number of alkyl halides is 3. The van der Waals surface area contributed by atoms with Crippen LogP contribution in [-0.2, 0) is 23.8 Å². The zero-order valence-electron chi connectivity index (χ0n) is 21.0.